The minimum Gasteiger partial charge on any atom is -0.507 e. The molecule has 7 rings (SSSR count). The minimum atomic E-state index is -1.13. The summed E-state index contributed by atoms with van der Waals surface area (Å²) in [7, 11) is 3.15. The number of imide groups is 2. The summed E-state index contributed by atoms with van der Waals surface area (Å²) in [5, 5.41) is 24.9. The van der Waals surface area contributed by atoms with Gasteiger partial charge in [-0.3, -0.25) is 48.6 Å². The first-order valence-electron chi connectivity index (χ1n) is 19.9. The Morgan fingerprint density at radius 1 is 0.887 bits per heavy atom. The van der Waals surface area contributed by atoms with Crippen LogP contribution in [0.25, 0.3) is 11.3 Å². The van der Waals surface area contributed by atoms with Crippen molar-refractivity contribution in [3.63, 3.8) is 0 Å². The van der Waals surface area contributed by atoms with Crippen molar-refractivity contribution in [1.82, 2.24) is 36.2 Å². The van der Waals surface area contributed by atoms with Crippen molar-refractivity contribution >= 4 is 47.3 Å². The zero-order valence-corrected chi connectivity index (χ0v) is 33.8. The standard InChI is InChI=1S/C43H43N7O12/c1-49(2)41(57)26-12-9-24(18-32(26)51)34-20-30(48-62-34)39(55)46-29-13-10-23-8-11-25(19-28(23)29)60-21-36(53)44-16-3-4-17-45-37(54)22-61-33-7-5-6-27-38(33)43(59)50(42(27)58)31-14-15-35(52)47-40(31)56/h5-9,11-12,18-20,29,31,51H,3-4,10,13-17,21-22H2,1-2H3,(H,44,53)(H,45,54)(H,46,55)(H,47,52,56)/t29-,31?/m1/s1. The number of carbonyl (C=O) groups is 8. The molecule has 1 aromatic heterocycles. The number of phenolic OH excluding ortho intramolecular Hbond substituents is 1. The normalized spacial score (nSPS) is 16.6. The van der Waals surface area contributed by atoms with E-state index in [-0.39, 0.29) is 83.5 Å². The van der Waals surface area contributed by atoms with Gasteiger partial charge >= 0.3 is 0 Å². The van der Waals surface area contributed by atoms with Crippen LogP contribution in [0.3, 0.4) is 0 Å². The topological polar surface area (TPSA) is 256 Å². The molecule has 2 atom stereocenters. The lowest BCUT2D eigenvalue weighted by molar-refractivity contribution is -0.136. The lowest BCUT2D eigenvalue weighted by Crippen LogP contribution is -2.54. The molecule has 1 saturated heterocycles. The van der Waals surface area contributed by atoms with Crippen LogP contribution in [0, 0.1) is 0 Å². The number of carbonyl (C=O) groups excluding carboxylic acids is 8. The Bertz CT molecular complexity index is 2480. The van der Waals surface area contributed by atoms with Crippen LogP contribution in [0.15, 0.2) is 65.2 Å². The van der Waals surface area contributed by atoms with E-state index in [1.54, 1.807) is 32.3 Å². The summed E-state index contributed by atoms with van der Waals surface area (Å²) in [6.45, 7) is -0.0665. The van der Waals surface area contributed by atoms with Crippen LogP contribution in [0.2, 0.25) is 0 Å². The Morgan fingerprint density at radius 2 is 1.63 bits per heavy atom. The van der Waals surface area contributed by atoms with Crippen LogP contribution in [-0.2, 0) is 25.6 Å². The van der Waals surface area contributed by atoms with Gasteiger partial charge in [-0.15, -0.1) is 0 Å². The highest BCUT2D eigenvalue weighted by Gasteiger charge is 2.46. The largest absolute Gasteiger partial charge is 0.507 e. The molecule has 0 saturated carbocycles. The lowest BCUT2D eigenvalue weighted by Gasteiger charge is -2.27. The number of aromatic nitrogens is 1. The van der Waals surface area contributed by atoms with Crippen molar-refractivity contribution in [2.75, 3.05) is 40.4 Å². The molecule has 1 fully saturated rings. The van der Waals surface area contributed by atoms with E-state index in [1.165, 1.54) is 41.3 Å². The highest BCUT2D eigenvalue weighted by atomic mass is 16.5. The molecule has 322 valence electrons. The number of nitrogens with one attached hydrogen (secondary N) is 4. The van der Waals surface area contributed by atoms with E-state index in [9.17, 15) is 43.5 Å². The fraction of sp³-hybridized carbons (Fsp3) is 0.326. The number of fused-ring (bicyclic) bond motifs is 2. The molecule has 3 heterocycles. The summed E-state index contributed by atoms with van der Waals surface area (Å²) in [6, 6.07) is 14.2. The van der Waals surface area contributed by atoms with Gasteiger partial charge < -0.3 is 40.0 Å². The van der Waals surface area contributed by atoms with Crippen molar-refractivity contribution in [3.8, 4) is 28.6 Å². The molecule has 0 spiro atoms. The monoisotopic (exact) mass is 849 g/mol. The second-order valence-electron chi connectivity index (χ2n) is 15.0. The number of unbranched alkanes of at least 4 members (excludes halogenated alkanes) is 1. The van der Waals surface area contributed by atoms with Crippen LogP contribution in [0.5, 0.6) is 17.2 Å². The van der Waals surface area contributed by atoms with Crippen molar-refractivity contribution in [1.29, 1.82) is 0 Å². The number of piperidine rings is 1. The number of rotatable bonds is 16. The number of aromatic hydroxyl groups is 1. The first-order chi connectivity index (χ1) is 29.8. The Labute approximate surface area is 354 Å². The molecule has 5 N–H and O–H groups in total. The SMILES string of the molecule is CN(C)C(=O)c1ccc(-c2cc(C(=O)N[C@@H]3CCc4ccc(OCC(=O)NCCCCNC(=O)COc5cccc6c5C(=O)N(C5CCC(=O)NC5=O)C6=O)cc43)no2)cc1O. The maximum Gasteiger partial charge on any atom is 0.273 e. The fourth-order valence-electron chi connectivity index (χ4n) is 7.38. The molecule has 62 heavy (non-hydrogen) atoms. The molecule has 19 heteroatoms. The van der Waals surface area contributed by atoms with Gasteiger partial charge in [-0.2, -0.15) is 0 Å². The predicted octanol–water partition coefficient (Wildman–Crippen LogP) is 2.04. The first-order valence-corrected chi connectivity index (χ1v) is 19.9. The molecule has 0 radical (unpaired) electrons. The predicted molar refractivity (Wildman–Crippen MR) is 216 cm³/mol. The maximum atomic E-state index is 13.2. The van der Waals surface area contributed by atoms with Gasteiger partial charge in [-0.05, 0) is 79.6 Å². The van der Waals surface area contributed by atoms with Gasteiger partial charge in [-0.25, -0.2) is 0 Å². The Hall–Kier alpha value is -7.57. The number of ether oxygens (including phenoxy) is 2. The van der Waals surface area contributed by atoms with E-state index < -0.39 is 48.1 Å². The molecule has 1 aliphatic carbocycles. The highest BCUT2D eigenvalue weighted by molar-refractivity contribution is 6.24. The van der Waals surface area contributed by atoms with Crippen LogP contribution < -0.4 is 30.7 Å². The third-order valence-electron chi connectivity index (χ3n) is 10.6. The first kappa shape index (κ1) is 42.6. The van der Waals surface area contributed by atoms with E-state index in [4.69, 9.17) is 14.0 Å². The molecule has 8 amide bonds. The van der Waals surface area contributed by atoms with Crippen molar-refractivity contribution in [2.24, 2.45) is 0 Å². The van der Waals surface area contributed by atoms with Gasteiger partial charge in [0.05, 0.1) is 22.7 Å². The van der Waals surface area contributed by atoms with Crippen LogP contribution >= 0.6 is 0 Å². The number of aryl methyl sites for hydroxylation is 1. The molecule has 2 aliphatic heterocycles. The van der Waals surface area contributed by atoms with Gasteiger partial charge in [0.25, 0.3) is 35.4 Å². The van der Waals surface area contributed by atoms with Crippen molar-refractivity contribution in [3.05, 3.63) is 94.2 Å². The summed E-state index contributed by atoms with van der Waals surface area (Å²) in [5.41, 5.74) is 2.47. The molecule has 0 bridgehead atoms. The number of phenols is 1. The summed E-state index contributed by atoms with van der Waals surface area (Å²) >= 11 is 0. The van der Waals surface area contributed by atoms with Gasteiger partial charge in [0, 0.05) is 45.2 Å². The Kier molecular flexibility index (Phi) is 12.6. The quantitative estimate of drug-likeness (QED) is 0.0800. The number of benzene rings is 3. The van der Waals surface area contributed by atoms with Crippen LogP contribution in [-0.4, -0.2) is 114 Å². The van der Waals surface area contributed by atoms with E-state index in [2.05, 4.69) is 26.4 Å². The number of hydrogen-bond donors (Lipinski definition) is 5. The number of hydrogen-bond acceptors (Lipinski definition) is 13. The molecule has 19 nitrogen and oxygen atoms in total. The van der Waals surface area contributed by atoms with Crippen LogP contribution in [0.1, 0.15) is 90.8 Å². The summed E-state index contributed by atoms with van der Waals surface area (Å²) in [5.74, 6) is -3.80. The average Bonchev–Trinajstić information content (AvgIpc) is 3.97. The summed E-state index contributed by atoms with van der Waals surface area (Å²) < 4.78 is 16.7. The molecular weight excluding hydrogens is 807 g/mol. The number of nitrogens with zero attached hydrogens (tertiary/aromatic N) is 3. The fourth-order valence-corrected chi connectivity index (χ4v) is 7.38. The molecule has 3 aliphatic rings. The number of amides is 8. The van der Waals surface area contributed by atoms with E-state index in [1.807, 2.05) is 6.07 Å². The summed E-state index contributed by atoms with van der Waals surface area (Å²) in [4.78, 5) is 103. The molecular formula is C43H43N7O12. The van der Waals surface area contributed by atoms with E-state index in [0.29, 0.717) is 37.1 Å². The third kappa shape index (κ3) is 9.25. The zero-order valence-electron chi connectivity index (χ0n) is 33.8. The molecule has 1 unspecified atom stereocenters. The van der Waals surface area contributed by atoms with Crippen molar-refractivity contribution in [2.45, 2.75) is 50.6 Å². The molecule has 4 aromatic rings. The lowest BCUT2D eigenvalue weighted by atomic mass is 10.0. The molecule has 3 aromatic carbocycles. The zero-order chi connectivity index (χ0) is 44.1. The van der Waals surface area contributed by atoms with Gasteiger partial charge in [-0.1, -0.05) is 23.4 Å². The van der Waals surface area contributed by atoms with E-state index >= 15 is 0 Å². The van der Waals surface area contributed by atoms with Gasteiger partial charge in [0.1, 0.15) is 23.3 Å². The third-order valence-corrected chi connectivity index (χ3v) is 10.6. The van der Waals surface area contributed by atoms with Crippen LogP contribution in [0.4, 0.5) is 0 Å². The Morgan fingerprint density at radius 3 is 2.34 bits per heavy atom. The average molecular weight is 850 g/mol. The minimum absolute atomic E-state index is 0.0107. The van der Waals surface area contributed by atoms with Gasteiger partial charge in [0.15, 0.2) is 24.7 Å². The summed E-state index contributed by atoms with van der Waals surface area (Å²) in [6.07, 6.45) is 2.45. The highest BCUT2D eigenvalue weighted by Crippen LogP contribution is 2.36. The smallest absolute Gasteiger partial charge is 0.273 e. The van der Waals surface area contributed by atoms with E-state index in [0.717, 1.165) is 22.4 Å². The second-order valence-corrected chi connectivity index (χ2v) is 15.0. The maximum absolute atomic E-state index is 13.2. The second kappa shape index (κ2) is 18.4. The van der Waals surface area contributed by atoms with Gasteiger partial charge in [0.2, 0.25) is 11.8 Å². The van der Waals surface area contributed by atoms with Crippen molar-refractivity contribution < 1.29 is 57.5 Å². The Balaban J connectivity index is 0.804.